The highest BCUT2D eigenvalue weighted by Gasteiger charge is 2.34. The van der Waals surface area contributed by atoms with Crippen LogP contribution in [0.1, 0.15) is 33.5 Å². The Balaban J connectivity index is 2.08. The standard InChI is InChI=1S/C12H22N4O/c1-9(2)10-5-14-12(3,4)7-16(10)6-11-13-8-17-15-11/h8-10,14H,5-7H2,1-4H3. The summed E-state index contributed by atoms with van der Waals surface area (Å²) in [6.07, 6.45) is 1.40. The Bertz CT molecular complexity index is 347. The van der Waals surface area contributed by atoms with Crippen molar-refractivity contribution in [2.45, 2.75) is 45.8 Å². The van der Waals surface area contributed by atoms with E-state index in [2.05, 4.69) is 48.1 Å². The Morgan fingerprint density at radius 1 is 1.59 bits per heavy atom. The molecule has 0 aliphatic carbocycles. The molecular formula is C12H22N4O. The van der Waals surface area contributed by atoms with Crippen LogP contribution in [0.2, 0.25) is 0 Å². The summed E-state index contributed by atoms with van der Waals surface area (Å²) in [5.41, 5.74) is 0.148. The van der Waals surface area contributed by atoms with Gasteiger partial charge in [-0.3, -0.25) is 4.90 Å². The van der Waals surface area contributed by atoms with Gasteiger partial charge in [0.2, 0.25) is 6.39 Å². The zero-order valence-corrected chi connectivity index (χ0v) is 11.1. The van der Waals surface area contributed by atoms with E-state index in [4.69, 9.17) is 4.52 Å². The molecule has 17 heavy (non-hydrogen) atoms. The predicted molar refractivity (Wildman–Crippen MR) is 65.4 cm³/mol. The molecule has 1 aromatic heterocycles. The molecule has 1 fully saturated rings. The maximum Gasteiger partial charge on any atom is 0.213 e. The predicted octanol–water partition coefficient (Wildman–Crippen LogP) is 1.28. The number of aromatic nitrogens is 2. The maximum absolute atomic E-state index is 4.80. The molecule has 1 unspecified atom stereocenters. The molecule has 1 aliphatic heterocycles. The van der Waals surface area contributed by atoms with Crippen LogP contribution in [-0.4, -0.2) is 39.7 Å². The van der Waals surface area contributed by atoms with Crippen molar-refractivity contribution < 1.29 is 4.52 Å². The lowest BCUT2D eigenvalue weighted by atomic mass is 9.93. The van der Waals surface area contributed by atoms with Crippen LogP contribution >= 0.6 is 0 Å². The average Bonchev–Trinajstić information content (AvgIpc) is 2.68. The molecule has 5 nitrogen and oxygen atoms in total. The fourth-order valence-electron chi connectivity index (χ4n) is 2.47. The van der Waals surface area contributed by atoms with Crippen molar-refractivity contribution in [3.63, 3.8) is 0 Å². The van der Waals surface area contributed by atoms with E-state index in [-0.39, 0.29) is 5.54 Å². The van der Waals surface area contributed by atoms with E-state index in [1.807, 2.05) is 0 Å². The van der Waals surface area contributed by atoms with E-state index >= 15 is 0 Å². The Hall–Kier alpha value is -0.940. The molecule has 0 spiro atoms. The molecule has 2 heterocycles. The molecule has 0 saturated carbocycles. The van der Waals surface area contributed by atoms with Crippen LogP contribution in [0.25, 0.3) is 0 Å². The minimum absolute atomic E-state index is 0.148. The molecule has 0 amide bonds. The number of piperazine rings is 1. The van der Waals surface area contributed by atoms with Crippen molar-refractivity contribution in [3.8, 4) is 0 Å². The third kappa shape index (κ3) is 3.04. The first-order valence-electron chi connectivity index (χ1n) is 6.22. The largest absolute Gasteiger partial charge is 0.343 e. The fourth-order valence-corrected chi connectivity index (χ4v) is 2.47. The van der Waals surface area contributed by atoms with Crippen LogP contribution in [-0.2, 0) is 6.54 Å². The van der Waals surface area contributed by atoms with Crippen LogP contribution in [0.3, 0.4) is 0 Å². The Morgan fingerprint density at radius 2 is 2.35 bits per heavy atom. The quantitative estimate of drug-likeness (QED) is 0.859. The number of rotatable bonds is 3. The fraction of sp³-hybridized carbons (Fsp3) is 0.833. The SMILES string of the molecule is CC(C)C1CNC(C)(C)CN1Cc1ncon1. The zero-order chi connectivity index (χ0) is 12.5. The number of hydrogen-bond donors (Lipinski definition) is 1. The molecular weight excluding hydrogens is 216 g/mol. The summed E-state index contributed by atoms with van der Waals surface area (Å²) < 4.78 is 4.80. The van der Waals surface area contributed by atoms with E-state index in [1.54, 1.807) is 0 Å². The number of nitrogens with zero attached hydrogens (tertiary/aromatic N) is 3. The number of hydrogen-bond acceptors (Lipinski definition) is 5. The topological polar surface area (TPSA) is 54.2 Å². The van der Waals surface area contributed by atoms with Crippen molar-refractivity contribution in [1.82, 2.24) is 20.4 Å². The second kappa shape index (κ2) is 4.74. The van der Waals surface area contributed by atoms with Gasteiger partial charge in [-0.05, 0) is 19.8 Å². The van der Waals surface area contributed by atoms with Crippen LogP contribution in [0, 0.1) is 5.92 Å². The van der Waals surface area contributed by atoms with Crippen molar-refractivity contribution in [3.05, 3.63) is 12.2 Å². The van der Waals surface area contributed by atoms with Crippen molar-refractivity contribution in [1.29, 1.82) is 0 Å². The molecule has 1 saturated heterocycles. The molecule has 0 aromatic carbocycles. The van der Waals surface area contributed by atoms with Gasteiger partial charge < -0.3 is 9.84 Å². The summed E-state index contributed by atoms with van der Waals surface area (Å²) in [5.74, 6) is 1.39. The second-order valence-corrected chi connectivity index (χ2v) is 5.83. The molecule has 1 N–H and O–H groups in total. The van der Waals surface area contributed by atoms with Gasteiger partial charge in [0.25, 0.3) is 0 Å². The lowest BCUT2D eigenvalue weighted by Crippen LogP contribution is -2.62. The smallest absolute Gasteiger partial charge is 0.213 e. The Kier molecular flexibility index (Phi) is 3.49. The monoisotopic (exact) mass is 238 g/mol. The van der Waals surface area contributed by atoms with Gasteiger partial charge in [-0.15, -0.1) is 0 Å². The van der Waals surface area contributed by atoms with Gasteiger partial charge in [0.05, 0.1) is 6.54 Å². The lowest BCUT2D eigenvalue weighted by Gasteiger charge is -2.45. The third-order valence-electron chi connectivity index (χ3n) is 3.38. The highest BCUT2D eigenvalue weighted by Crippen LogP contribution is 2.21. The van der Waals surface area contributed by atoms with Crippen LogP contribution < -0.4 is 5.32 Å². The Labute approximate surface area is 103 Å². The molecule has 5 heteroatoms. The van der Waals surface area contributed by atoms with Gasteiger partial charge in [-0.2, -0.15) is 4.98 Å². The van der Waals surface area contributed by atoms with Gasteiger partial charge in [-0.25, -0.2) is 0 Å². The van der Waals surface area contributed by atoms with Gasteiger partial charge in [0.1, 0.15) is 0 Å². The maximum atomic E-state index is 4.80. The van der Waals surface area contributed by atoms with E-state index < -0.39 is 0 Å². The summed E-state index contributed by atoms with van der Waals surface area (Å²) in [5, 5.41) is 7.50. The summed E-state index contributed by atoms with van der Waals surface area (Å²) in [6.45, 7) is 11.8. The molecule has 1 atom stereocenters. The molecule has 0 bridgehead atoms. The van der Waals surface area contributed by atoms with E-state index in [0.29, 0.717) is 12.0 Å². The van der Waals surface area contributed by atoms with Gasteiger partial charge in [0, 0.05) is 24.7 Å². The summed E-state index contributed by atoms with van der Waals surface area (Å²) in [4.78, 5) is 6.56. The highest BCUT2D eigenvalue weighted by molar-refractivity contribution is 4.95. The van der Waals surface area contributed by atoms with Gasteiger partial charge in [0.15, 0.2) is 5.82 Å². The average molecular weight is 238 g/mol. The highest BCUT2D eigenvalue weighted by atomic mass is 16.5. The second-order valence-electron chi connectivity index (χ2n) is 5.83. The first kappa shape index (κ1) is 12.5. The first-order valence-corrected chi connectivity index (χ1v) is 6.22. The van der Waals surface area contributed by atoms with Crippen molar-refractivity contribution in [2.75, 3.05) is 13.1 Å². The van der Waals surface area contributed by atoms with Crippen LogP contribution in [0.5, 0.6) is 0 Å². The summed E-state index contributed by atoms with van der Waals surface area (Å²) in [7, 11) is 0. The molecule has 2 rings (SSSR count). The summed E-state index contributed by atoms with van der Waals surface area (Å²) in [6, 6.07) is 0.529. The third-order valence-corrected chi connectivity index (χ3v) is 3.38. The Morgan fingerprint density at radius 3 is 2.94 bits per heavy atom. The van der Waals surface area contributed by atoms with Gasteiger partial charge in [-0.1, -0.05) is 19.0 Å². The lowest BCUT2D eigenvalue weighted by molar-refractivity contribution is 0.0599. The van der Waals surface area contributed by atoms with Crippen LogP contribution in [0.15, 0.2) is 10.9 Å². The normalized spacial score (nSPS) is 25.4. The first-order chi connectivity index (χ1) is 7.98. The minimum Gasteiger partial charge on any atom is -0.343 e. The molecule has 96 valence electrons. The minimum atomic E-state index is 0.148. The zero-order valence-electron chi connectivity index (χ0n) is 11.1. The van der Waals surface area contributed by atoms with E-state index in [0.717, 1.165) is 25.5 Å². The summed E-state index contributed by atoms with van der Waals surface area (Å²) >= 11 is 0. The van der Waals surface area contributed by atoms with E-state index in [9.17, 15) is 0 Å². The van der Waals surface area contributed by atoms with Crippen molar-refractivity contribution >= 4 is 0 Å². The molecule has 1 aromatic rings. The van der Waals surface area contributed by atoms with Crippen molar-refractivity contribution in [2.24, 2.45) is 5.92 Å². The molecule has 1 aliphatic rings. The molecule has 0 radical (unpaired) electrons. The van der Waals surface area contributed by atoms with E-state index in [1.165, 1.54) is 6.39 Å². The number of nitrogens with one attached hydrogen (secondary N) is 1. The van der Waals surface area contributed by atoms with Crippen LogP contribution in [0.4, 0.5) is 0 Å². The van der Waals surface area contributed by atoms with Gasteiger partial charge >= 0.3 is 0 Å².